The number of ketones is 1. The fraction of sp³-hybridized carbons (Fsp3) is 0.103. The van der Waals surface area contributed by atoms with E-state index in [0.717, 1.165) is 5.56 Å². The maximum atomic E-state index is 13.4. The van der Waals surface area contributed by atoms with Crippen molar-refractivity contribution in [1.82, 2.24) is 14.4 Å². The molecule has 1 aliphatic heterocycles. The number of fused-ring (bicyclic) bond motifs is 1. The molecule has 0 radical (unpaired) electrons. The number of imidazole rings is 1. The predicted octanol–water partition coefficient (Wildman–Crippen LogP) is 5.30. The summed E-state index contributed by atoms with van der Waals surface area (Å²) < 4.78 is 7.62. The van der Waals surface area contributed by atoms with Gasteiger partial charge in [-0.2, -0.15) is 0 Å². The zero-order valence-corrected chi connectivity index (χ0v) is 21.1. The van der Waals surface area contributed by atoms with Gasteiger partial charge in [-0.05, 0) is 42.3 Å². The lowest BCUT2D eigenvalue weighted by atomic mass is 9.96. The number of aliphatic hydroxyl groups is 1. The van der Waals surface area contributed by atoms with E-state index in [1.54, 1.807) is 53.4 Å². The molecule has 0 saturated carbocycles. The van der Waals surface area contributed by atoms with Crippen LogP contribution in [0.5, 0.6) is 5.75 Å². The number of Topliss-reactive ketones (excluding diaryl/α,β-unsaturated/α-hetero) is 1. The van der Waals surface area contributed by atoms with E-state index < -0.39 is 17.7 Å². The fourth-order valence-corrected chi connectivity index (χ4v) is 5.36. The normalized spacial score (nSPS) is 16.9. The molecule has 188 valence electrons. The summed E-state index contributed by atoms with van der Waals surface area (Å²) in [6.45, 7) is 2.16. The Morgan fingerprint density at radius 3 is 2.53 bits per heavy atom. The molecule has 38 heavy (non-hydrogen) atoms. The van der Waals surface area contributed by atoms with Crippen molar-refractivity contribution < 1.29 is 19.4 Å². The largest absolute Gasteiger partial charge is 0.505 e. The molecule has 9 heteroatoms. The Labute approximate surface area is 222 Å². The number of aliphatic hydroxyl groups excluding tert-OH is 1. The minimum Gasteiger partial charge on any atom is -0.505 e. The van der Waals surface area contributed by atoms with Gasteiger partial charge in [0.2, 0.25) is 0 Å². The summed E-state index contributed by atoms with van der Waals surface area (Å²) in [5, 5.41) is 13.7. The molecule has 1 saturated heterocycles. The lowest BCUT2D eigenvalue weighted by Gasteiger charge is -2.23. The van der Waals surface area contributed by atoms with E-state index in [1.807, 2.05) is 48.5 Å². The van der Waals surface area contributed by atoms with Crippen molar-refractivity contribution in [3.8, 4) is 5.75 Å². The molecule has 1 amide bonds. The van der Waals surface area contributed by atoms with Crippen molar-refractivity contribution in [2.24, 2.45) is 0 Å². The second-order valence-electron chi connectivity index (χ2n) is 8.80. The highest BCUT2D eigenvalue weighted by Crippen LogP contribution is 2.43. The van der Waals surface area contributed by atoms with E-state index in [9.17, 15) is 14.7 Å². The van der Waals surface area contributed by atoms with Gasteiger partial charge in [-0.1, -0.05) is 48.5 Å². The van der Waals surface area contributed by atoms with Crippen LogP contribution in [0.15, 0.2) is 96.1 Å². The molecule has 2 aromatic carbocycles. The monoisotopic (exact) mass is 522 g/mol. The molecular formula is C29H22N4O4S. The summed E-state index contributed by atoms with van der Waals surface area (Å²) in [4.78, 5) is 36.9. The number of pyridine rings is 1. The predicted molar refractivity (Wildman–Crippen MR) is 144 cm³/mol. The summed E-state index contributed by atoms with van der Waals surface area (Å²) in [7, 11) is 0. The van der Waals surface area contributed by atoms with E-state index in [0.29, 0.717) is 40.1 Å². The third kappa shape index (κ3) is 4.03. The standard InChI is InChI=1S/C29H22N4O4S/c1-18-24(32-15-6-5-9-22(32)31-18)26(34)23-25(33(28(36)27(23)35)29-30-14-16-38-29)20-10-12-21(13-11-20)37-17-19-7-3-2-4-8-19/h2-16,25,34H,17H2,1H3. The molecule has 1 atom stereocenters. The minimum atomic E-state index is -0.877. The molecule has 0 aliphatic carbocycles. The number of thiazole rings is 1. The number of anilines is 1. The Morgan fingerprint density at radius 1 is 1.03 bits per heavy atom. The van der Waals surface area contributed by atoms with Crippen LogP contribution >= 0.6 is 11.3 Å². The molecular weight excluding hydrogens is 500 g/mol. The molecule has 1 N–H and O–H groups in total. The molecule has 8 nitrogen and oxygen atoms in total. The van der Waals surface area contributed by atoms with Crippen molar-refractivity contribution in [3.05, 3.63) is 119 Å². The van der Waals surface area contributed by atoms with Crippen molar-refractivity contribution in [3.63, 3.8) is 0 Å². The van der Waals surface area contributed by atoms with E-state index in [-0.39, 0.29) is 11.3 Å². The number of nitrogens with zero attached hydrogens (tertiary/aromatic N) is 4. The van der Waals surface area contributed by atoms with Crippen LogP contribution in [-0.4, -0.2) is 31.2 Å². The molecule has 1 unspecified atom stereocenters. The SMILES string of the molecule is Cc1nc2ccccn2c1C(O)=C1C(=O)C(=O)N(c2nccs2)C1c1ccc(OCc2ccccc2)cc1. The number of benzene rings is 2. The topological polar surface area (TPSA) is 97.0 Å². The van der Waals surface area contributed by atoms with Gasteiger partial charge >= 0.3 is 5.91 Å². The van der Waals surface area contributed by atoms with Crippen LogP contribution in [0.25, 0.3) is 11.4 Å². The Morgan fingerprint density at radius 2 is 1.79 bits per heavy atom. The molecule has 0 bridgehead atoms. The van der Waals surface area contributed by atoms with Crippen LogP contribution in [0.4, 0.5) is 5.13 Å². The number of hydrogen-bond donors (Lipinski definition) is 1. The van der Waals surface area contributed by atoms with Gasteiger partial charge in [-0.3, -0.25) is 18.9 Å². The van der Waals surface area contributed by atoms with E-state index in [1.165, 1.54) is 16.2 Å². The van der Waals surface area contributed by atoms with Crippen LogP contribution in [0, 0.1) is 6.92 Å². The van der Waals surface area contributed by atoms with E-state index in [4.69, 9.17) is 4.74 Å². The highest BCUT2D eigenvalue weighted by Gasteiger charge is 2.48. The van der Waals surface area contributed by atoms with Crippen LogP contribution in [0.2, 0.25) is 0 Å². The molecule has 3 aromatic heterocycles. The Balaban J connectivity index is 1.44. The first-order valence-corrected chi connectivity index (χ1v) is 12.8. The van der Waals surface area contributed by atoms with Crippen molar-refractivity contribution in [2.45, 2.75) is 19.6 Å². The summed E-state index contributed by atoms with van der Waals surface area (Å²) in [6.07, 6.45) is 3.33. The van der Waals surface area contributed by atoms with Gasteiger partial charge < -0.3 is 9.84 Å². The second-order valence-corrected chi connectivity index (χ2v) is 9.67. The van der Waals surface area contributed by atoms with Crippen LogP contribution in [-0.2, 0) is 16.2 Å². The highest BCUT2D eigenvalue weighted by molar-refractivity contribution is 7.14. The van der Waals surface area contributed by atoms with Crippen molar-refractivity contribution in [1.29, 1.82) is 0 Å². The Bertz CT molecular complexity index is 1680. The molecule has 5 aromatic rings. The number of hydrogen-bond acceptors (Lipinski definition) is 7. The molecule has 1 fully saturated rings. The maximum absolute atomic E-state index is 13.4. The number of aryl methyl sites for hydroxylation is 1. The first-order valence-electron chi connectivity index (χ1n) is 11.9. The first kappa shape index (κ1) is 23.6. The van der Waals surface area contributed by atoms with Gasteiger partial charge in [0.15, 0.2) is 10.9 Å². The van der Waals surface area contributed by atoms with Gasteiger partial charge in [-0.25, -0.2) is 9.97 Å². The molecule has 1 aliphatic rings. The van der Waals surface area contributed by atoms with Gasteiger partial charge in [0.25, 0.3) is 5.78 Å². The average molecular weight is 523 g/mol. The lowest BCUT2D eigenvalue weighted by Crippen LogP contribution is -2.29. The van der Waals surface area contributed by atoms with Crippen molar-refractivity contribution >= 4 is 39.6 Å². The fourth-order valence-electron chi connectivity index (χ4n) is 4.69. The van der Waals surface area contributed by atoms with E-state index in [2.05, 4.69) is 9.97 Å². The third-order valence-electron chi connectivity index (χ3n) is 6.44. The van der Waals surface area contributed by atoms with Crippen LogP contribution < -0.4 is 9.64 Å². The summed E-state index contributed by atoms with van der Waals surface area (Å²) >= 11 is 1.25. The van der Waals surface area contributed by atoms with Gasteiger partial charge in [0.05, 0.1) is 17.3 Å². The van der Waals surface area contributed by atoms with Crippen molar-refractivity contribution in [2.75, 3.05) is 4.90 Å². The summed E-state index contributed by atoms with van der Waals surface area (Å²) in [5.41, 5.74) is 3.19. The number of amides is 1. The highest BCUT2D eigenvalue weighted by atomic mass is 32.1. The van der Waals surface area contributed by atoms with Crippen LogP contribution in [0.3, 0.4) is 0 Å². The number of rotatable bonds is 6. The zero-order valence-electron chi connectivity index (χ0n) is 20.3. The number of ether oxygens (including phenoxy) is 1. The van der Waals surface area contributed by atoms with Crippen LogP contribution in [0.1, 0.15) is 28.6 Å². The molecule has 0 spiro atoms. The third-order valence-corrected chi connectivity index (χ3v) is 7.21. The van der Waals surface area contributed by atoms with E-state index >= 15 is 0 Å². The van der Waals surface area contributed by atoms with Gasteiger partial charge in [0.1, 0.15) is 23.7 Å². The number of aromatic nitrogens is 3. The second kappa shape index (κ2) is 9.60. The average Bonchev–Trinajstić information content (AvgIpc) is 3.65. The minimum absolute atomic E-state index is 0.0168. The van der Waals surface area contributed by atoms with Gasteiger partial charge in [0, 0.05) is 17.8 Å². The Kier molecular flexibility index (Phi) is 5.97. The number of carbonyl (C=O) groups excluding carboxylic acids is 2. The zero-order chi connectivity index (χ0) is 26.2. The van der Waals surface area contributed by atoms with Gasteiger partial charge in [-0.15, -0.1) is 11.3 Å². The first-order chi connectivity index (χ1) is 18.5. The smallest absolute Gasteiger partial charge is 0.301 e. The Hall–Kier alpha value is -4.76. The molecule has 4 heterocycles. The quantitative estimate of drug-likeness (QED) is 0.185. The number of carbonyl (C=O) groups is 2. The summed E-state index contributed by atoms with van der Waals surface area (Å²) in [6, 6.07) is 21.6. The maximum Gasteiger partial charge on any atom is 0.301 e. The summed E-state index contributed by atoms with van der Waals surface area (Å²) in [5.74, 6) is -1.17. The molecule has 6 rings (SSSR count). The lowest BCUT2D eigenvalue weighted by molar-refractivity contribution is -0.132.